The predicted molar refractivity (Wildman–Crippen MR) is 83.3 cm³/mol. The molecule has 124 valence electrons. The Morgan fingerprint density at radius 1 is 1.30 bits per heavy atom. The van der Waals surface area contributed by atoms with E-state index in [-0.39, 0.29) is 17.9 Å². The average Bonchev–Trinajstić information content (AvgIpc) is 3.26. The first kappa shape index (κ1) is 15.1. The van der Waals surface area contributed by atoms with Crippen LogP contribution in [0.15, 0.2) is 6.20 Å². The van der Waals surface area contributed by atoms with Gasteiger partial charge < -0.3 is 14.7 Å². The van der Waals surface area contributed by atoms with Crippen molar-refractivity contribution in [1.82, 2.24) is 9.88 Å². The summed E-state index contributed by atoms with van der Waals surface area (Å²) in [6.45, 7) is 1.30. The Labute approximate surface area is 138 Å². The van der Waals surface area contributed by atoms with Gasteiger partial charge in [-0.2, -0.15) is 0 Å². The molecule has 23 heavy (non-hydrogen) atoms. The Kier molecular flexibility index (Phi) is 3.85. The van der Waals surface area contributed by atoms with Crippen molar-refractivity contribution in [2.75, 3.05) is 13.2 Å². The van der Waals surface area contributed by atoms with Crippen molar-refractivity contribution in [2.45, 2.75) is 44.2 Å². The van der Waals surface area contributed by atoms with Crippen LogP contribution in [-0.4, -0.2) is 46.1 Å². The van der Waals surface area contributed by atoms with Gasteiger partial charge in [-0.25, -0.2) is 9.78 Å². The van der Waals surface area contributed by atoms with E-state index in [1.807, 2.05) is 0 Å². The number of aromatic nitrogens is 1. The number of carbonyl (C=O) groups is 2. The number of thiazole rings is 1. The summed E-state index contributed by atoms with van der Waals surface area (Å²) in [7, 11) is 0. The third kappa shape index (κ3) is 2.55. The Balaban J connectivity index is 1.55. The Bertz CT molecular complexity index is 625. The van der Waals surface area contributed by atoms with E-state index in [0.717, 1.165) is 43.7 Å². The van der Waals surface area contributed by atoms with Crippen molar-refractivity contribution in [3.8, 4) is 0 Å². The van der Waals surface area contributed by atoms with Crippen LogP contribution in [0.25, 0.3) is 0 Å². The minimum absolute atomic E-state index is 0.00483. The van der Waals surface area contributed by atoms with Gasteiger partial charge in [0.15, 0.2) is 0 Å². The normalized spacial score (nSPS) is 33.1. The van der Waals surface area contributed by atoms with E-state index >= 15 is 0 Å². The topological polar surface area (TPSA) is 79.7 Å². The summed E-state index contributed by atoms with van der Waals surface area (Å²) < 4.78 is 5.61. The van der Waals surface area contributed by atoms with Crippen molar-refractivity contribution >= 4 is 23.2 Å². The maximum atomic E-state index is 12.8. The van der Waals surface area contributed by atoms with Crippen LogP contribution in [0.5, 0.6) is 0 Å². The van der Waals surface area contributed by atoms with Crippen LogP contribution in [-0.2, 0) is 9.53 Å². The van der Waals surface area contributed by atoms with E-state index in [4.69, 9.17) is 4.74 Å². The van der Waals surface area contributed by atoms with Crippen molar-refractivity contribution in [3.05, 3.63) is 16.1 Å². The maximum Gasteiger partial charge on any atom is 0.326 e. The van der Waals surface area contributed by atoms with Gasteiger partial charge in [0, 0.05) is 13.2 Å². The number of ether oxygens (including phenoxy) is 1. The van der Waals surface area contributed by atoms with Crippen molar-refractivity contribution in [1.29, 1.82) is 0 Å². The summed E-state index contributed by atoms with van der Waals surface area (Å²) in [6, 6.07) is -0.678. The van der Waals surface area contributed by atoms with Gasteiger partial charge in [0.1, 0.15) is 22.0 Å². The number of fused-ring (bicyclic) bond motifs is 1. The zero-order valence-corrected chi connectivity index (χ0v) is 13.6. The first-order valence-electron chi connectivity index (χ1n) is 8.26. The lowest BCUT2D eigenvalue weighted by atomic mass is 9.94. The molecule has 1 aliphatic carbocycles. The number of nitrogens with zero attached hydrogens (tertiary/aromatic N) is 2. The molecule has 2 saturated heterocycles. The molecule has 1 N–H and O–H groups in total. The van der Waals surface area contributed by atoms with Gasteiger partial charge in [-0.15, -0.1) is 11.3 Å². The van der Waals surface area contributed by atoms with E-state index in [9.17, 15) is 14.7 Å². The number of rotatable bonds is 3. The van der Waals surface area contributed by atoms with Gasteiger partial charge in [0.05, 0.1) is 6.20 Å². The van der Waals surface area contributed by atoms with Crippen LogP contribution < -0.4 is 0 Å². The molecular weight excluding hydrogens is 316 g/mol. The molecule has 0 bridgehead atoms. The van der Waals surface area contributed by atoms with Gasteiger partial charge in [0.2, 0.25) is 0 Å². The fraction of sp³-hybridized carbons (Fsp3) is 0.688. The van der Waals surface area contributed by atoms with Gasteiger partial charge in [0.25, 0.3) is 5.91 Å². The van der Waals surface area contributed by atoms with Crippen molar-refractivity contribution in [3.63, 3.8) is 0 Å². The molecule has 0 aromatic carbocycles. The fourth-order valence-corrected chi connectivity index (χ4v) is 5.24. The average molecular weight is 336 g/mol. The number of likely N-dealkylation sites (tertiary alicyclic amines) is 1. The lowest BCUT2D eigenvalue weighted by Crippen LogP contribution is -2.43. The first-order chi connectivity index (χ1) is 11.1. The van der Waals surface area contributed by atoms with Gasteiger partial charge >= 0.3 is 5.97 Å². The molecule has 6 nitrogen and oxygen atoms in total. The van der Waals surface area contributed by atoms with Crippen LogP contribution in [0.2, 0.25) is 0 Å². The van der Waals surface area contributed by atoms with Gasteiger partial charge in [-0.3, -0.25) is 4.79 Å². The quantitative estimate of drug-likeness (QED) is 0.916. The SMILES string of the molecule is O=C(O)[C@@H]1[C@@H]2CCC[C@@H]2CN1C(=O)c1cnc([C@@H]2CCCO2)s1. The van der Waals surface area contributed by atoms with E-state index in [1.165, 1.54) is 11.3 Å². The number of aliphatic carboxylic acids is 1. The van der Waals surface area contributed by atoms with E-state index in [2.05, 4.69) is 4.98 Å². The Morgan fingerprint density at radius 3 is 2.91 bits per heavy atom. The molecule has 3 heterocycles. The molecule has 4 atom stereocenters. The smallest absolute Gasteiger partial charge is 0.326 e. The first-order valence-corrected chi connectivity index (χ1v) is 9.08. The molecule has 1 saturated carbocycles. The minimum atomic E-state index is -0.878. The molecule has 7 heteroatoms. The minimum Gasteiger partial charge on any atom is -0.480 e. The maximum absolute atomic E-state index is 12.8. The summed E-state index contributed by atoms with van der Waals surface area (Å²) in [4.78, 5) is 30.9. The standard InChI is InChI=1S/C16H20N2O4S/c19-15(12-7-17-14(23-12)11-5-2-6-22-11)18-8-9-3-1-4-10(9)13(18)16(20)21/h7,9-11,13H,1-6,8H2,(H,20,21)/t9-,10-,11+,13+/m1/s1. The summed E-state index contributed by atoms with van der Waals surface area (Å²) in [5, 5.41) is 10.4. The molecular formula is C16H20N2O4S. The fourth-order valence-electron chi connectivity index (χ4n) is 4.28. The summed E-state index contributed by atoms with van der Waals surface area (Å²) in [6.07, 6.45) is 6.55. The molecule has 3 fully saturated rings. The number of amides is 1. The lowest BCUT2D eigenvalue weighted by Gasteiger charge is -2.23. The predicted octanol–water partition coefficient (Wildman–Crippen LogP) is 2.32. The van der Waals surface area contributed by atoms with E-state index in [0.29, 0.717) is 17.3 Å². The van der Waals surface area contributed by atoms with Gasteiger partial charge in [-0.1, -0.05) is 6.42 Å². The number of hydrogen-bond donors (Lipinski definition) is 1. The molecule has 3 aliphatic rings. The molecule has 0 spiro atoms. The number of carbonyl (C=O) groups excluding carboxylic acids is 1. The highest BCUT2D eigenvalue weighted by molar-refractivity contribution is 7.13. The second-order valence-corrected chi connectivity index (χ2v) is 7.72. The van der Waals surface area contributed by atoms with Crippen LogP contribution in [0, 0.1) is 11.8 Å². The van der Waals surface area contributed by atoms with Crippen LogP contribution in [0.4, 0.5) is 0 Å². The van der Waals surface area contributed by atoms with Crippen molar-refractivity contribution < 1.29 is 19.4 Å². The molecule has 0 unspecified atom stereocenters. The molecule has 0 radical (unpaired) electrons. The highest BCUT2D eigenvalue weighted by atomic mass is 32.1. The zero-order chi connectivity index (χ0) is 16.0. The third-order valence-electron chi connectivity index (χ3n) is 5.34. The van der Waals surface area contributed by atoms with Crippen molar-refractivity contribution in [2.24, 2.45) is 11.8 Å². The summed E-state index contributed by atoms with van der Waals surface area (Å²) >= 11 is 1.35. The molecule has 1 aromatic rings. The zero-order valence-electron chi connectivity index (χ0n) is 12.8. The van der Waals surface area contributed by atoms with E-state index in [1.54, 1.807) is 11.1 Å². The summed E-state index contributed by atoms with van der Waals surface area (Å²) in [5.74, 6) is -0.613. The van der Waals surface area contributed by atoms with E-state index < -0.39 is 12.0 Å². The van der Waals surface area contributed by atoms with Crippen LogP contribution in [0.1, 0.15) is 52.9 Å². The molecule has 1 amide bonds. The Hall–Kier alpha value is -1.47. The number of carboxylic acids is 1. The second-order valence-electron chi connectivity index (χ2n) is 6.66. The number of hydrogen-bond acceptors (Lipinski definition) is 5. The number of carboxylic acid groups (broad SMARTS) is 1. The van der Waals surface area contributed by atoms with Gasteiger partial charge in [-0.05, 0) is 37.5 Å². The lowest BCUT2D eigenvalue weighted by molar-refractivity contribution is -0.142. The monoisotopic (exact) mass is 336 g/mol. The molecule has 1 aromatic heterocycles. The third-order valence-corrected chi connectivity index (χ3v) is 6.42. The van der Waals surface area contributed by atoms with Crippen LogP contribution in [0.3, 0.4) is 0 Å². The molecule has 4 rings (SSSR count). The molecule has 2 aliphatic heterocycles. The Morgan fingerprint density at radius 2 is 2.17 bits per heavy atom. The second kappa shape index (κ2) is 5.87. The highest BCUT2D eigenvalue weighted by Gasteiger charge is 2.49. The largest absolute Gasteiger partial charge is 0.480 e. The van der Waals surface area contributed by atoms with Crippen LogP contribution >= 0.6 is 11.3 Å². The summed E-state index contributed by atoms with van der Waals surface area (Å²) in [5.41, 5.74) is 0. The highest BCUT2D eigenvalue weighted by Crippen LogP contribution is 2.43.